The average Bonchev–Trinajstić information content (AvgIpc) is 3.34. The maximum atomic E-state index is 13.9. The first-order valence-corrected chi connectivity index (χ1v) is 12.7. The minimum Gasteiger partial charge on any atom is -0.342 e. The zero-order valence-electron chi connectivity index (χ0n) is 21.2. The first kappa shape index (κ1) is 26.7. The standard InChI is InChI=1S/C28H33F2N3O4/c1-18(2)16-28(10-13-32(27(28)36)11-8-19-6-4-3-5-7-19)22(25(34)31-37)9-12-33-17-20-14-23(29)24(30)15-21(20)26(33)35/h3-7,14-15,18,22,37H,8-13,16-17H2,1-2H3,(H,31,34)/t22?,28-/m1/s1. The molecule has 0 saturated carbocycles. The summed E-state index contributed by atoms with van der Waals surface area (Å²) in [5.41, 5.74) is 2.31. The third kappa shape index (κ3) is 5.37. The molecule has 1 saturated heterocycles. The van der Waals surface area contributed by atoms with Gasteiger partial charge in [-0.1, -0.05) is 44.2 Å². The van der Waals surface area contributed by atoms with Crippen molar-refractivity contribution < 1.29 is 28.4 Å². The third-order valence-electron chi connectivity index (χ3n) is 7.63. The fourth-order valence-electron chi connectivity index (χ4n) is 5.93. The molecule has 1 fully saturated rings. The van der Waals surface area contributed by atoms with Crippen LogP contribution in [0.2, 0.25) is 0 Å². The van der Waals surface area contributed by atoms with Gasteiger partial charge in [0.2, 0.25) is 11.8 Å². The Kier molecular flexibility index (Phi) is 7.92. The molecule has 2 atom stereocenters. The molecule has 0 radical (unpaired) electrons. The molecule has 198 valence electrons. The predicted molar refractivity (Wildman–Crippen MR) is 132 cm³/mol. The number of amides is 3. The summed E-state index contributed by atoms with van der Waals surface area (Å²) in [4.78, 5) is 42.9. The largest absolute Gasteiger partial charge is 0.342 e. The van der Waals surface area contributed by atoms with Gasteiger partial charge >= 0.3 is 0 Å². The number of hydroxylamine groups is 1. The highest BCUT2D eigenvalue weighted by Crippen LogP contribution is 2.46. The van der Waals surface area contributed by atoms with Gasteiger partial charge in [-0.3, -0.25) is 19.6 Å². The van der Waals surface area contributed by atoms with Crippen molar-refractivity contribution in [1.82, 2.24) is 15.3 Å². The van der Waals surface area contributed by atoms with Crippen molar-refractivity contribution in [2.75, 3.05) is 19.6 Å². The van der Waals surface area contributed by atoms with Crippen LogP contribution in [-0.2, 0) is 22.6 Å². The zero-order valence-corrected chi connectivity index (χ0v) is 21.2. The van der Waals surface area contributed by atoms with Crippen molar-refractivity contribution in [2.24, 2.45) is 17.3 Å². The molecule has 0 spiro atoms. The van der Waals surface area contributed by atoms with Gasteiger partial charge in [0.15, 0.2) is 11.6 Å². The molecule has 0 bridgehead atoms. The second kappa shape index (κ2) is 11.0. The quantitative estimate of drug-likeness (QED) is 0.372. The Morgan fingerprint density at radius 1 is 1.08 bits per heavy atom. The molecule has 2 aromatic carbocycles. The van der Waals surface area contributed by atoms with Gasteiger partial charge < -0.3 is 9.80 Å². The topological polar surface area (TPSA) is 89.9 Å². The van der Waals surface area contributed by atoms with Gasteiger partial charge in [0, 0.05) is 31.7 Å². The fourth-order valence-corrected chi connectivity index (χ4v) is 5.93. The summed E-state index contributed by atoms with van der Waals surface area (Å²) in [5.74, 6) is -4.11. The average molecular weight is 514 g/mol. The summed E-state index contributed by atoms with van der Waals surface area (Å²) in [6, 6.07) is 11.8. The lowest BCUT2D eigenvalue weighted by atomic mass is 9.67. The van der Waals surface area contributed by atoms with Crippen LogP contribution in [0.5, 0.6) is 0 Å². The highest BCUT2D eigenvalue weighted by molar-refractivity contribution is 5.98. The van der Waals surface area contributed by atoms with Crippen LogP contribution < -0.4 is 5.48 Å². The number of likely N-dealkylation sites (tertiary alicyclic amines) is 1. The molecule has 4 rings (SSSR count). The minimum atomic E-state index is -1.09. The van der Waals surface area contributed by atoms with Gasteiger partial charge in [-0.25, -0.2) is 14.3 Å². The van der Waals surface area contributed by atoms with Crippen molar-refractivity contribution in [2.45, 2.75) is 46.1 Å². The lowest BCUT2D eigenvalue weighted by Gasteiger charge is -2.37. The summed E-state index contributed by atoms with van der Waals surface area (Å²) in [5, 5.41) is 9.58. The van der Waals surface area contributed by atoms with Crippen LogP contribution in [0.1, 0.15) is 54.6 Å². The number of rotatable bonds is 10. The molecule has 37 heavy (non-hydrogen) atoms. The number of carbonyl (C=O) groups excluding carboxylic acids is 3. The summed E-state index contributed by atoms with van der Waals surface area (Å²) in [7, 11) is 0. The predicted octanol–water partition coefficient (Wildman–Crippen LogP) is 3.94. The maximum Gasteiger partial charge on any atom is 0.254 e. The van der Waals surface area contributed by atoms with E-state index in [1.165, 1.54) is 4.90 Å². The van der Waals surface area contributed by atoms with Crippen LogP contribution in [0.4, 0.5) is 8.78 Å². The van der Waals surface area contributed by atoms with E-state index in [0.29, 0.717) is 37.9 Å². The van der Waals surface area contributed by atoms with Crippen LogP contribution in [0.25, 0.3) is 0 Å². The molecule has 7 nitrogen and oxygen atoms in total. The van der Waals surface area contributed by atoms with E-state index in [9.17, 15) is 28.4 Å². The second-order valence-electron chi connectivity index (χ2n) is 10.5. The van der Waals surface area contributed by atoms with Crippen molar-refractivity contribution in [3.8, 4) is 0 Å². The van der Waals surface area contributed by atoms with Crippen molar-refractivity contribution in [1.29, 1.82) is 0 Å². The summed E-state index contributed by atoms with van der Waals surface area (Å²) < 4.78 is 27.4. The van der Waals surface area contributed by atoms with Gasteiger partial charge in [0.05, 0.1) is 11.3 Å². The molecule has 1 unspecified atom stereocenters. The number of nitrogens with zero attached hydrogens (tertiary/aromatic N) is 2. The van der Waals surface area contributed by atoms with Gasteiger partial charge in [-0.2, -0.15) is 0 Å². The number of benzene rings is 2. The maximum absolute atomic E-state index is 13.9. The Labute approximate surface area is 215 Å². The van der Waals surface area contributed by atoms with E-state index in [1.807, 2.05) is 44.2 Å². The third-order valence-corrected chi connectivity index (χ3v) is 7.63. The Hall–Kier alpha value is -3.33. The Bertz CT molecular complexity index is 1170. The van der Waals surface area contributed by atoms with Crippen molar-refractivity contribution >= 4 is 17.7 Å². The van der Waals surface area contributed by atoms with E-state index < -0.39 is 34.8 Å². The first-order chi connectivity index (χ1) is 17.7. The van der Waals surface area contributed by atoms with Crippen molar-refractivity contribution in [3.63, 3.8) is 0 Å². The van der Waals surface area contributed by atoms with Crippen LogP contribution in [-0.4, -0.2) is 52.4 Å². The summed E-state index contributed by atoms with van der Waals surface area (Å²) >= 11 is 0. The number of nitrogens with one attached hydrogen (secondary N) is 1. The number of halogens is 2. The SMILES string of the molecule is CC(C)C[C@@]1(C(CCN2Cc3cc(F)c(F)cc3C2=O)C(=O)NO)CCN(CCc2ccccc2)C1=O. The summed E-state index contributed by atoms with van der Waals surface area (Å²) in [6.07, 6.45) is 1.73. The van der Waals surface area contributed by atoms with E-state index in [4.69, 9.17) is 0 Å². The molecular weight excluding hydrogens is 480 g/mol. The highest BCUT2D eigenvalue weighted by Gasteiger charge is 2.54. The first-order valence-electron chi connectivity index (χ1n) is 12.7. The van der Waals surface area contributed by atoms with Crippen molar-refractivity contribution in [3.05, 3.63) is 70.8 Å². The van der Waals surface area contributed by atoms with Gasteiger partial charge in [-0.15, -0.1) is 0 Å². The van der Waals surface area contributed by atoms with E-state index in [0.717, 1.165) is 17.7 Å². The molecule has 9 heteroatoms. The second-order valence-corrected chi connectivity index (χ2v) is 10.5. The van der Waals surface area contributed by atoms with E-state index in [2.05, 4.69) is 0 Å². The molecule has 0 aliphatic carbocycles. The lowest BCUT2D eigenvalue weighted by molar-refractivity contribution is -0.150. The monoisotopic (exact) mass is 513 g/mol. The Morgan fingerprint density at radius 3 is 2.46 bits per heavy atom. The van der Waals surface area contributed by atoms with Gasteiger partial charge in [0.25, 0.3) is 5.91 Å². The normalized spacial score (nSPS) is 20.1. The molecule has 2 aliphatic heterocycles. The smallest absolute Gasteiger partial charge is 0.254 e. The van der Waals surface area contributed by atoms with E-state index in [-0.39, 0.29) is 36.9 Å². The molecule has 0 aromatic heterocycles. The molecular formula is C28H33F2N3O4. The molecule has 2 aromatic rings. The Balaban J connectivity index is 1.53. The molecule has 2 N–H and O–H groups in total. The van der Waals surface area contributed by atoms with E-state index >= 15 is 0 Å². The Morgan fingerprint density at radius 2 is 1.78 bits per heavy atom. The highest BCUT2D eigenvalue weighted by atomic mass is 19.2. The van der Waals surface area contributed by atoms with Gasteiger partial charge in [0.1, 0.15) is 0 Å². The van der Waals surface area contributed by atoms with Gasteiger partial charge in [-0.05, 0) is 54.9 Å². The number of hydrogen-bond acceptors (Lipinski definition) is 4. The zero-order chi connectivity index (χ0) is 26.7. The summed E-state index contributed by atoms with van der Waals surface area (Å²) in [6.45, 7) is 5.19. The fraction of sp³-hybridized carbons (Fsp3) is 0.464. The number of hydrogen-bond donors (Lipinski definition) is 2. The molecule has 3 amide bonds. The lowest BCUT2D eigenvalue weighted by Crippen LogP contribution is -2.48. The number of fused-ring (bicyclic) bond motifs is 1. The van der Waals surface area contributed by atoms with Crippen LogP contribution >= 0.6 is 0 Å². The number of carbonyl (C=O) groups is 3. The van der Waals surface area contributed by atoms with Crippen LogP contribution in [0.15, 0.2) is 42.5 Å². The van der Waals surface area contributed by atoms with Crippen LogP contribution in [0, 0.1) is 28.9 Å². The minimum absolute atomic E-state index is 0.0904. The van der Waals surface area contributed by atoms with E-state index in [1.54, 1.807) is 10.4 Å². The van der Waals surface area contributed by atoms with Crippen LogP contribution in [0.3, 0.4) is 0 Å². The molecule has 2 aliphatic rings. The molecule has 2 heterocycles.